The molecule has 2 aromatic carbocycles. The van der Waals surface area contributed by atoms with Crippen LogP contribution in [0.1, 0.15) is 10.4 Å². The molecule has 3 aromatic rings. The summed E-state index contributed by atoms with van der Waals surface area (Å²) >= 11 is 0. The lowest BCUT2D eigenvalue weighted by atomic mass is 10.1. The van der Waals surface area contributed by atoms with Gasteiger partial charge in [-0.15, -0.1) is 5.10 Å². The lowest BCUT2D eigenvalue weighted by molar-refractivity contribution is 0.102. The molecule has 0 aliphatic heterocycles. The summed E-state index contributed by atoms with van der Waals surface area (Å²) in [4.78, 5) is 12.4. The monoisotopic (exact) mass is 325 g/mol. The molecule has 8 heteroatoms. The Morgan fingerprint density at radius 1 is 1.08 bits per heavy atom. The van der Waals surface area contributed by atoms with Crippen LogP contribution in [0.3, 0.4) is 0 Å². The SMILES string of the molecule is COc1ccccc1C(=O)Nc1ccc(-n2cnnn2)c(OC)c1. The van der Waals surface area contributed by atoms with Gasteiger partial charge in [0.15, 0.2) is 0 Å². The van der Waals surface area contributed by atoms with Crippen LogP contribution in [0, 0.1) is 0 Å². The number of nitrogens with zero attached hydrogens (tertiary/aromatic N) is 4. The van der Waals surface area contributed by atoms with Gasteiger partial charge in [-0.25, -0.2) is 0 Å². The van der Waals surface area contributed by atoms with Crippen molar-refractivity contribution >= 4 is 11.6 Å². The molecule has 0 unspecified atom stereocenters. The van der Waals surface area contributed by atoms with Gasteiger partial charge in [0.2, 0.25) is 0 Å². The molecule has 1 amide bonds. The highest BCUT2D eigenvalue weighted by atomic mass is 16.5. The fourth-order valence-corrected chi connectivity index (χ4v) is 2.25. The summed E-state index contributed by atoms with van der Waals surface area (Å²) in [6, 6.07) is 12.2. The van der Waals surface area contributed by atoms with E-state index in [-0.39, 0.29) is 5.91 Å². The van der Waals surface area contributed by atoms with Crippen LogP contribution in [0.2, 0.25) is 0 Å². The number of carbonyl (C=O) groups excluding carboxylic acids is 1. The lowest BCUT2D eigenvalue weighted by Crippen LogP contribution is -2.13. The standard InChI is InChI=1S/C16H15N5O3/c1-23-14-6-4-3-5-12(14)16(22)18-11-7-8-13(15(9-11)24-2)21-10-17-19-20-21/h3-10H,1-2H3,(H,18,22). The number of aromatic nitrogens is 4. The van der Waals surface area contributed by atoms with E-state index in [0.717, 1.165) is 0 Å². The molecule has 3 rings (SSSR count). The van der Waals surface area contributed by atoms with Gasteiger partial charge in [-0.1, -0.05) is 12.1 Å². The van der Waals surface area contributed by atoms with Crippen molar-refractivity contribution in [3.8, 4) is 17.2 Å². The normalized spacial score (nSPS) is 10.2. The second kappa shape index (κ2) is 6.78. The second-order valence-corrected chi connectivity index (χ2v) is 4.80. The Bertz CT molecular complexity index is 849. The Balaban J connectivity index is 1.87. The average molecular weight is 325 g/mol. The second-order valence-electron chi connectivity index (χ2n) is 4.80. The first-order chi connectivity index (χ1) is 11.7. The Morgan fingerprint density at radius 3 is 2.58 bits per heavy atom. The summed E-state index contributed by atoms with van der Waals surface area (Å²) in [5.41, 5.74) is 1.70. The molecule has 0 radical (unpaired) electrons. The molecule has 1 heterocycles. The molecule has 0 bridgehead atoms. The quantitative estimate of drug-likeness (QED) is 0.771. The number of tetrazole rings is 1. The van der Waals surface area contributed by atoms with Gasteiger partial charge in [0.1, 0.15) is 23.5 Å². The minimum absolute atomic E-state index is 0.273. The van der Waals surface area contributed by atoms with Crippen molar-refractivity contribution in [3.05, 3.63) is 54.4 Å². The zero-order chi connectivity index (χ0) is 16.9. The number of anilines is 1. The molecule has 122 valence electrons. The van der Waals surface area contributed by atoms with Crippen molar-refractivity contribution < 1.29 is 14.3 Å². The summed E-state index contributed by atoms with van der Waals surface area (Å²) in [5.74, 6) is 0.761. The van der Waals surface area contributed by atoms with Gasteiger partial charge < -0.3 is 14.8 Å². The number of methoxy groups -OCH3 is 2. The molecule has 0 atom stereocenters. The van der Waals surface area contributed by atoms with E-state index >= 15 is 0 Å². The lowest BCUT2D eigenvalue weighted by Gasteiger charge is -2.12. The van der Waals surface area contributed by atoms with E-state index in [1.54, 1.807) is 42.5 Å². The molecule has 1 N–H and O–H groups in total. The topological polar surface area (TPSA) is 91.2 Å². The third-order valence-electron chi connectivity index (χ3n) is 3.39. The van der Waals surface area contributed by atoms with Crippen molar-refractivity contribution in [2.24, 2.45) is 0 Å². The molecular formula is C16H15N5O3. The number of amides is 1. The maximum atomic E-state index is 12.4. The van der Waals surface area contributed by atoms with E-state index in [2.05, 4.69) is 20.8 Å². The van der Waals surface area contributed by atoms with Gasteiger partial charge in [-0.2, -0.15) is 4.68 Å². The highest BCUT2D eigenvalue weighted by Crippen LogP contribution is 2.27. The summed E-state index contributed by atoms with van der Waals surface area (Å²) in [5, 5.41) is 13.8. The minimum atomic E-state index is -0.273. The van der Waals surface area contributed by atoms with E-state index in [1.807, 2.05) is 0 Å². The molecular weight excluding hydrogens is 310 g/mol. The zero-order valence-corrected chi connectivity index (χ0v) is 13.1. The van der Waals surface area contributed by atoms with E-state index < -0.39 is 0 Å². The maximum absolute atomic E-state index is 12.4. The summed E-state index contributed by atoms with van der Waals surface area (Å²) in [6.45, 7) is 0. The van der Waals surface area contributed by atoms with Gasteiger partial charge >= 0.3 is 0 Å². The van der Waals surface area contributed by atoms with Gasteiger partial charge in [0, 0.05) is 11.8 Å². The predicted octanol–water partition coefficient (Wildman–Crippen LogP) is 1.93. The van der Waals surface area contributed by atoms with Crippen LogP contribution in [0.25, 0.3) is 5.69 Å². The van der Waals surface area contributed by atoms with Crippen LogP contribution >= 0.6 is 0 Å². The van der Waals surface area contributed by atoms with Gasteiger partial charge in [0.25, 0.3) is 5.91 Å². The van der Waals surface area contributed by atoms with Gasteiger partial charge in [-0.3, -0.25) is 4.79 Å². The molecule has 0 saturated carbocycles. The Morgan fingerprint density at radius 2 is 1.88 bits per heavy atom. The minimum Gasteiger partial charge on any atom is -0.496 e. The largest absolute Gasteiger partial charge is 0.496 e. The van der Waals surface area contributed by atoms with E-state index in [4.69, 9.17) is 9.47 Å². The number of rotatable bonds is 5. The van der Waals surface area contributed by atoms with Crippen LogP contribution in [0.15, 0.2) is 48.8 Å². The first-order valence-electron chi connectivity index (χ1n) is 7.08. The van der Waals surface area contributed by atoms with Crippen molar-refractivity contribution in [3.63, 3.8) is 0 Å². The van der Waals surface area contributed by atoms with Crippen LogP contribution in [0.4, 0.5) is 5.69 Å². The number of ether oxygens (including phenoxy) is 2. The number of carbonyl (C=O) groups is 1. The van der Waals surface area contributed by atoms with Crippen LogP contribution in [-0.4, -0.2) is 40.3 Å². The van der Waals surface area contributed by atoms with E-state index in [0.29, 0.717) is 28.4 Å². The highest BCUT2D eigenvalue weighted by molar-refractivity contribution is 6.06. The molecule has 0 aliphatic rings. The fourth-order valence-electron chi connectivity index (χ4n) is 2.25. The maximum Gasteiger partial charge on any atom is 0.259 e. The Labute approximate surface area is 138 Å². The number of para-hydroxylation sites is 1. The fraction of sp³-hybridized carbons (Fsp3) is 0.125. The summed E-state index contributed by atoms with van der Waals surface area (Å²) in [6.07, 6.45) is 1.46. The van der Waals surface area contributed by atoms with E-state index in [9.17, 15) is 4.79 Å². The molecule has 0 fully saturated rings. The summed E-state index contributed by atoms with van der Waals surface area (Å²) in [7, 11) is 3.06. The third kappa shape index (κ3) is 3.02. The molecule has 8 nitrogen and oxygen atoms in total. The smallest absolute Gasteiger partial charge is 0.259 e. The van der Waals surface area contributed by atoms with Crippen LogP contribution in [0.5, 0.6) is 11.5 Å². The Kier molecular flexibility index (Phi) is 4.37. The highest BCUT2D eigenvalue weighted by Gasteiger charge is 2.13. The Hall–Kier alpha value is -3.42. The van der Waals surface area contributed by atoms with Gasteiger partial charge in [0.05, 0.1) is 19.8 Å². The number of hydrogen-bond donors (Lipinski definition) is 1. The number of nitrogens with one attached hydrogen (secondary N) is 1. The average Bonchev–Trinajstić information content (AvgIpc) is 3.15. The van der Waals surface area contributed by atoms with Crippen LogP contribution in [-0.2, 0) is 0 Å². The number of hydrogen-bond acceptors (Lipinski definition) is 6. The molecule has 0 saturated heterocycles. The zero-order valence-electron chi connectivity index (χ0n) is 13.1. The van der Waals surface area contributed by atoms with Crippen molar-refractivity contribution in [2.75, 3.05) is 19.5 Å². The van der Waals surface area contributed by atoms with Crippen molar-refractivity contribution in [1.29, 1.82) is 0 Å². The third-order valence-corrected chi connectivity index (χ3v) is 3.39. The van der Waals surface area contributed by atoms with Gasteiger partial charge in [-0.05, 0) is 34.7 Å². The first-order valence-corrected chi connectivity index (χ1v) is 7.08. The molecule has 0 aliphatic carbocycles. The van der Waals surface area contributed by atoms with Crippen molar-refractivity contribution in [1.82, 2.24) is 20.2 Å². The summed E-state index contributed by atoms with van der Waals surface area (Å²) < 4.78 is 12.0. The molecule has 24 heavy (non-hydrogen) atoms. The molecule has 0 spiro atoms. The first kappa shape index (κ1) is 15.5. The van der Waals surface area contributed by atoms with Crippen LogP contribution < -0.4 is 14.8 Å². The molecule has 1 aromatic heterocycles. The predicted molar refractivity (Wildman–Crippen MR) is 86.7 cm³/mol. The van der Waals surface area contributed by atoms with Crippen molar-refractivity contribution in [2.45, 2.75) is 0 Å². The number of benzene rings is 2. The van der Waals surface area contributed by atoms with E-state index in [1.165, 1.54) is 25.2 Å².